The Morgan fingerprint density at radius 2 is 2.15 bits per heavy atom. The fourth-order valence-electron chi connectivity index (χ4n) is 2.97. The molecule has 0 saturated carbocycles. The third-order valence-corrected chi connectivity index (χ3v) is 7.52. The molecule has 7 heteroatoms. The zero-order valence-corrected chi connectivity index (χ0v) is 14.1. The molecule has 0 radical (unpaired) electrons. The number of rotatable bonds is 6. The van der Waals surface area contributed by atoms with Crippen molar-refractivity contribution >= 4 is 22.0 Å². The summed E-state index contributed by atoms with van der Waals surface area (Å²) in [6, 6.07) is 0.252. The first-order valence-electron chi connectivity index (χ1n) is 7.42. The molecule has 0 aromatic carbocycles. The van der Waals surface area contributed by atoms with Crippen molar-refractivity contribution in [1.82, 2.24) is 8.61 Å². The van der Waals surface area contributed by atoms with E-state index >= 15 is 0 Å². The van der Waals surface area contributed by atoms with Crippen molar-refractivity contribution in [1.29, 1.82) is 0 Å². The summed E-state index contributed by atoms with van der Waals surface area (Å²) in [5.74, 6) is 1.96. The van der Waals surface area contributed by atoms with Crippen molar-refractivity contribution in [2.24, 2.45) is 0 Å². The van der Waals surface area contributed by atoms with Crippen LogP contribution in [0.15, 0.2) is 0 Å². The summed E-state index contributed by atoms with van der Waals surface area (Å²) in [5, 5.41) is 0. The van der Waals surface area contributed by atoms with Gasteiger partial charge in [-0.1, -0.05) is 6.42 Å². The highest BCUT2D eigenvalue weighted by Gasteiger charge is 2.38. The van der Waals surface area contributed by atoms with E-state index in [-0.39, 0.29) is 12.1 Å². The summed E-state index contributed by atoms with van der Waals surface area (Å²) in [4.78, 5) is 0. The average Bonchev–Trinajstić information content (AvgIpc) is 2.93. The minimum atomic E-state index is -3.36. The first-order valence-corrected chi connectivity index (χ1v) is 9.98. The van der Waals surface area contributed by atoms with Crippen molar-refractivity contribution in [3.05, 3.63) is 0 Å². The van der Waals surface area contributed by atoms with E-state index in [0.29, 0.717) is 19.7 Å². The van der Waals surface area contributed by atoms with E-state index in [2.05, 4.69) is 0 Å². The molecule has 2 aliphatic rings. The van der Waals surface area contributed by atoms with Crippen LogP contribution in [0.1, 0.15) is 32.6 Å². The number of hydrogen-bond donors (Lipinski definition) is 0. The van der Waals surface area contributed by atoms with Crippen molar-refractivity contribution < 1.29 is 13.2 Å². The summed E-state index contributed by atoms with van der Waals surface area (Å²) < 4.78 is 34.5. The Hall–Kier alpha value is 0.180. The van der Waals surface area contributed by atoms with Gasteiger partial charge in [-0.05, 0) is 31.9 Å². The Kier molecular flexibility index (Phi) is 6.16. The van der Waals surface area contributed by atoms with Gasteiger partial charge in [-0.25, -0.2) is 0 Å². The molecule has 20 heavy (non-hydrogen) atoms. The molecular weight excluding hydrogens is 296 g/mol. The second-order valence-electron chi connectivity index (χ2n) is 5.58. The third kappa shape index (κ3) is 3.68. The molecule has 2 aliphatic heterocycles. The highest BCUT2D eigenvalue weighted by atomic mass is 32.2. The van der Waals surface area contributed by atoms with Gasteiger partial charge in [0.05, 0.1) is 6.61 Å². The van der Waals surface area contributed by atoms with Gasteiger partial charge in [-0.3, -0.25) is 0 Å². The van der Waals surface area contributed by atoms with E-state index in [4.69, 9.17) is 4.74 Å². The topological polar surface area (TPSA) is 49.9 Å². The van der Waals surface area contributed by atoms with Crippen molar-refractivity contribution in [3.8, 4) is 0 Å². The van der Waals surface area contributed by atoms with E-state index in [9.17, 15) is 8.42 Å². The quantitative estimate of drug-likeness (QED) is 0.745. The molecule has 2 unspecified atom stereocenters. The Morgan fingerprint density at radius 3 is 2.75 bits per heavy atom. The number of thioether (sulfide) groups is 1. The van der Waals surface area contributed by atoms with Gasteiger partial charge in [0, 0.05) is 38.0 Å². The largest absolute Gasteiger partial charge is 0.383 e. The van der Waals surface area contributed by atoms with Gasteiger partial charge in [-0.2, -0.15) is 28.8 Å². The molecule has 0 aliphatic carbocycles. The highest BCUT2D eigenvalue weighted by Crippen LogP contribution is 2.28. The van der Waals surface area contributed by atoms with Gasteiger partial charge < -0.3 is 4.74 Å². The molecule has 2 fully saturated rings. The molecule has 118 valence electrons. The van der Waals surface area contributed by atoms with Gasteiger partial charge in [0.1, 0.15) is 0 Å². The maximum Gasteiger partial charge on any atom is 0.282 e. The molecule has 0 N–H and O–H groups in total. The van der Waals surface area contributed by atoms with Crippen LogP contribution in [0.2, 0.25) is 0 Å². The predicted molar refractivity (Wildman–Crippen MR) is 83.3 cm³/mol. The SMILES string of the molecule is COCCN(C1CCSC1)S(=O)(=O)N1CCCCC1C. The number of hydrogen-bond acceptors (Lipinski definition) is 4. The van der Waals surface area contributed by atoms with E-state index in [1.807, 2.05) is 18.7 Å². The molecule has 2 atom stereocenters. The smallest absolute Gasteiger partial charge is 0.282 e. The van der Waals surface area contributed by atoms with Crippen molar-refractivity contribution in [3.63, 3.8) is 0 Å². The lowest BCUT2D eigenvalue weighted by molar-refractivity contribution is 0.159. The van der Waals surface area contributed by atoms with Crippen molar-refractivity contribution in [2.45, 2.75) is 44.7 Å². The number of piperidine rings is 1. The normalized spacial score (nSPS) is 29.1. The minimum absolute atomic E-state index is 0.118. The molecule has 0 spiro atoms. The molecule has 2 rings (SSSR count). The van der Waals surface area contributed by atoms with E-state index in [1.165, 1.54) is 0 Å². The van der Waals surface area contributed by atoms with Crippen LogP contribution in [0.4, 0.5) is 0 Å². The molecule has 0 amide bonds. The second-order valence-corrected chi connectivity index (χ2v) is 8.57. The summed E-state index contributed by atoms with van der Waals surface area (Å²) >= 11 is 1.84. The Bertz CT molecular complexity index is 396. The minimum Gasteiger partial charge on any atom is -0.383 e. The van der Waals surface area contributed by atoms with Gasteiger partial charge in [0.25, 0.3) is 10.2 Å². The lowest BCUT2D eigenvalue weighted by Crippen LogP contribution is -2.53. The third-order valence-electron chi connectivity index (χ3n) is 4.16. The van der Waals surface area contributed by atoms with Crippen LogP contribution in [-0.4, -0.2) is 67.4 Å². The molecule has 0 bridgehead atoms. The van der Waals surface area contributed by atoms with Crippen molar-refractivity contribution in [2.75, 3.05) is 38.3 Å². The van der Waals surface area contributed by atoms with Crippen LogP contribution in [0.5, 0.6) is 0 Å². The number of nitrogens with zero attached hydrogens (tertiary/aromatic N) is 2. The summed E-state index contributed by atoms with van der Waals surface area (Å²) in [6.45, 7) is 3.61. The fourth-order valence-corrected chi connectivity index (χ4v) is 6.34. The Morgan fingerprint density at radius 1 is 1.35 bits per heavy atom. The highest BCUT2D eigenvalue weighted by molar-refractivity contribution is 7.99. The fraction of sp³-hybridized carbons (Fsp3) is 1.00. The number of methoxy groups -OCH3 is 1. The molecule has 2 saturated heterocycles. The number of ether oxygens (including phenoxy) is 1. The monoisotopic (exact) mass is 322 g/mol. The molecule has 5 nitrogen and oxygen atoms in total. The Balaban J connectivity index is 2.15. The van der Waals surface area contributed by atoms with E-state index in [0.717, 1.165) is 37.2 Å². The van der Waals surface area contributed by atoms with E-state index < -0.39 is 10.2 Å². The first-order chi connectivity index (χ1) is 9.57. The van der Waals surface area contributed by atoms with Crippen LogP contribution in [0.3, 0.4) is 0 Å². The van der Waals surface area contributed by atoms with Gasteiger partial charge in [-0.15, -0.1) is 0 Å². The van der Waals surface area contributed by atoms with Gasteiger partial charge >= 0.3 is 0 Å². The Labute approximate surface area is 127 Å². The zero-order valence-electron chi connectivity index (χ0n) is 12.5. The van der Waals surface area contributed by atoms with Crippen LogP contribution in [-0.2, 0) is 14.9 Å². The average molecular weight is 322 g/mol. The van der Waals surface area contributed by atoms with Gasteiger partial charge in [0.2, 0.25) is 0 Å². The second kappa shape index (κ2) is 7.45. The van der Waals surface area contributed by atoms with Crippen LogP contribution in [0, 0.1) is 0 Å². The van der Waals surface area contributed by atoms with Crippen LogP contribution in [0.25, 0.3) is 0 Å². The molecular formula is C13H26N2O3S2. The molecule has 0 aromatic rings. The summed E-state index contributed by atoms with van der Waals surface area (Å²) in [7, 11) is -1.73. The lowest BCUT2D eigenvalue weighted by Gasteiger charge is -2.38. The van der Waals surface area contributed by atoms with Gasteiger partial charge in [0.15, 0.2) is 0 Å². The molecule has 0 aromatic heterocycles. The maximum atomic E-state index is 13.0. The predicted octanol–water partition coefficient (Wildman–Crippen LogP) is 1.56. The van der Waals surface area contributed by atoms with E-state index in [1.54, 1.807) is 15.7 Å². The standard InChI is InChI=1S/C13H26N2O3S2/c1-12-5-3-4-7-14(12)20(16,17)15(8-9-18-2)13-6-10-19-11-13/h12-13H,3-11H2,1-2H3. The summed E-state index contributed by atoms with van der Waals surface area (Å²) in [5.41, 5.74) is 0. The zero-order chi connectivity index (χ0) is 14.6. The summed E-state index contributed by atoms with van der Waals surface area (Å²) in [6.07, 6.45) is 4.03. The maximum absolute atomic E-state index is 13.0. The lowest BCUT2D eigenvalue weighted by atomic mass is 10.1. The molecule has 2 heterocycles. The van der Waals surface area contributed by atoms with Crippen LogP contribution < -0.4 is 0 Å². The van der Waals surface area contributed by atoms with Crippen LogP contribution >= 0.6 is 11.8 Å². The first kappa shape index (κ1) is 16.5.